The van der Waals surface area contributed by atoms with E-state index in [-0.39, 0.29) is 18.3 Å². The molecule has 1 heterocycles. The fourth-order valence-corrected chi connectivity index (χ4v) is 5.27. The number of carbonyl (C=O) groups is 1. The number of esters is 1. The number of methoxy groups -OCH3 is 1. The van der Waals surface area contributed by atoms with Crippen molar-refractivity contribution in [1.29, 1.82) is 5.26 Å². The Balaban J connectivity index is 1.47. The van der Waals surface area contributed by atoms with Gasteiger partial charge in [-0.05, 0) is 93.5 Å². The van der Waals surface area contributed by atoms with Gasteiger partial charge in [0.1, 0.15) is 35.8 Å². The molecule has 41 heavy (non-hydrogen) atoms. The number of rotatable bonds is 8. The Morgan fingerprint density at radius 2 is 1.90 bits per heavy atom. The van der Waals surface area contributed by atoms with Crippen molar-refractivity contribution in [2.75, 3.05) is 20.3 Å². The number of aryl methyl sites for hydroxylation is 2. The SMILES string of the molecule is C=C1/C(F)=C\C=C(\c2c(C)cc(OCC(C)(C)C#N)cc2C)CCC[C@H]1Oc1ccc2c(c1)OC[C@H]2CC(=O)OC. The van der Waals surface area contributed by atoms with E-state index in [4.69, 9.17) is 18.9 Å². The van der Waals surface area contributed by atoms with Gasteiger partial charge in [-0.2, -0.15) is 5.26 Å². The van der Waals surface area contributed by atoms with Gasteiger partial charge < -0.3 is 18.9 Å². The Kier molecular flexibility index (Phi) is 9.22. The molecule has 0 spiro atoms. The summed E-state index contributed by atoms with van der Waals surface area (Å²) in [5.41, 5.74) is 4.83. The van der Waals surface area contributed by atoms with Crippen LogP contribution in [0.3, 0.4) is 0 Å². The molecule has 0 aromatic heterocycles. The van der Waals surface area contributed by atoms with Crippen molar-refractivity contribution in [2.24, 2.45) is 5.41 Å². The van der Waals surface area contributed by atoms with E-state index < -0.39 is 17.3 Å². The molecule has 4 rings (SSSR count). The molecule has 2 aliphatic rings. The van der Waals surface area contributed by atoms with Crippen LogP contribution in [0.5, 0.6) is 17.2 Å². The number of halogens is 1. The summed E-state index contributed by atoms with van der Waals surface area (Å²) in [7, 11) is 1.38. The standard InChI is InChI=1S/C34H38FNO5/c1-21-14-27(40-20-34(4,5)19-36)15-22(2)33(21)24-8-7-9-30(23(3)29(35)13-10-24)41-26-11-12-28-25(16-32(37)38-6)18-39-31(28)17-26/h10-15,17,25,30H,3,7-9,16,18,20H2,1-2,4-6H3/b24-10+,29-13+/t25-,30-/m1/s1. The van der Waals surface area contributed by atoms with Crippen molar-refractivity contribution in [2.45, 2.75) is 65.4 Å². The molecule has 0 radical (unpaired) electrons. The molecule has 0 fully saturated rings. The first-order valence-corrected chi connectivity index (χ1v) is 13.9. The third-order valence-electron chi connectivity index (χ3n) is 7.55. The Bertz CT molecular complexity index is 1410. The molecule has 216 valence electrons. The van der Waals surface area contributed by atoms with Crippen LogP contribution in [0.25, 0.3) is 5.57 Å². The van der Waals surface area contributed by atoms with Crippen LogP contribution >= 0.6 is 0 Å². The largest absolute Gasteiger partial charge is 0.492 e. The number of hydrogen-bond acceptors (Lipinski definition) is 6. The number of benzene rings is 2. The third kappa shape index (κ3) is 7.18. The molecular formula is C34H38FNO5. The minimum absolute atomic E-state index is 0.0619. The molecule has 0 saturated carbocycles. The van der Waals surface area contributed by atoms with Gasteiger partial charge in [-0.1, -0.05) is 18.7 Å². The average Bonchev–Trinajstić information content (AvgIpc) is 3.35. The topological polar surface area (TPSA) is 77.8 Å². The molecular weight excluding hydrogens is 521 g/mol. The van der Waals surface area contributed by atoms with Crippen LogP contribution in [0.1, 0.15) is 67.7 Å². The molecule has 0 saturated heterocycles. The van der Waals surface area contributed by atoms with Crippen LogP contribution in [0.15, 0.2) is 60.5 Å². The predicted octanol–water partition coefficient (Wildman–Crippen LogP) is 7.70. The summed E-state index contributed by atoms with van der Waals surface area (Å²) in [6, 6.07) is 11.7. The number of fused-ring (bicyclic) bond motifs is 1. The zero-order valence-corrected chi connectivity index (χ0v) is 24.5. The fraction of sp³-hybridized carbons (Fsp3) is 0.412. The minimum atomic E-state index is -0.579. The number of hydrogen-bond donors (Lipinski definition) is 0. The molecule has 1 aliphatic carbocycles. The second-order valence-electron chi connectivity index (χ2n) is 11.4. The lowest BCUT2D eigenvalue weighted by atomic mass is 9.91. The van der Waals surface area contributed by atoms with Crippen LogP contribution < -0.4 is 14.2 Å². The zero-order valence-electron chi connectivity index (χ0n) is 24.5. The summed E-state index contributed by atoms with van der Waals surface area (Å²) in [6.07, 6.45) is 5.12. The minimum Gasteiger partial charge on any atom is -0.492 e. The summed E-state index contributed by atoms with van der Waals surface area (Å²) in [5, 5.41) is 9.28. The van der Waals surface area contributed by atoms with E-state index in [0.717, 1.165) is 40.7 Å². The number of allylic oxidation sites excluding steroid dienone is 3. The molecule has 2 aromatic rings. The zero-order chi connectivity index (χ0) is 29.7. The van der Waals surface area contributed by atoms with E-state index in [2.05, 4.69) is 12.6 Å². The number of nitrogens with zero attached hydrogens (tertiary/aromatic N) is 1. The third-order valence-corrected chi connectivity index (χ3v) is 7.55. The molecule has 0 N–H and O–H groups in total. The van der Waals surface area contributed by atoms with E-state index in [1.54, 1.807) is 6.07 Å². The maximum Gasteiger partial charge on any atom is 0.306 e. The molecule has 1 aliphatic heterocycles. The highest BCUT2D eigenvalue weighted by molar-refractivity contribution is 5.73. The van der Waals surface area contributed by atoms with Crippen LogP contribution in [-0.2, 0) is 9.53 Å². The predicted molar refractivity (Wildman–Crippen MR) is 157 cm³/mol. The maximum atomic E-state index is 15.3. The Morgan fingerprint density at radius 3 is 2.59 bits per heavy atom. The number of ether oxygens (including phenoxy) is 4. The van der Waals surface area contributed by atoms with Gasteiger partial charge in [0.05, 0.1) is 31.6 Å². The average molecular weight is 560 g/mol. The normalized spacial score (nSPS) is 21.4. The molecule has 2 atom stereocenters. The van der Waals surface area contributed by atoms with Crippen LogP contribution in [0.4, 0.5) is 4.39 Å². The quantitative estimate of drug-likeness (QED) is 0.309. The highest BCUT2D eigenvalue weighted by atomic mass is 19.1. The molecule has 0 bridgehead atoms. The van der Waals surface area contributed by atoms with Gasteiger partial charge in [-0.3, -0.25) is 4.79 Å². The van der Waals surface area contributed by atoms with E-state index >= 15 is 4.39 Å². The smallest absolute Gasteiger partial charge is 0.306 e. The summed E-state index contributed by atoms with van der Waals surface area (Å²) in [5.74, 6) is 1.19. The lowest BCUT2D eigenvalue weighted by Crippen LogP contribution is -2.19. The van der Waals surface area contributed by atoms with Crippen LogP contribution in [-0.4, -0.2) is 32.4 Å². The van der Waals surface area contributed by atoms with Gasteiger partial charge in [0.25, 0.3) is 0 Å². The molecule has 2 aromatic carbocycles. The van der Waals surface area contributed by atoms with Crippen molar-refractivity contribution >= 4 is 11.5 Å². The number of carbonyl (C=O) groups excluding carboxylic acids is 1. The highest BCUT2D eigenvalue weighted by Gasteiger charge is 2.28. The molecule has 0 unspecified atom stereocenters. The van der Waals surface area contributed by atoms with Crippen molar-refractivity contribution in [1.82, 2.24) is 0 Å². The first-order valence-electron chi connectivity index (χ1n) is 13.9. The summed E-state index contributed by atoms with van der Waals surface area (Å²) in [6.45, 7) is 12.4. The lowest BCUT2D eigenvalue weighted by Gasteiger charge is -2.21. The van der Waals surface area contributed by atoms with Gasteiger partial charge in [-0.15, -0.1) is 0 Å². The van der Waals surface area contributed by atoms with Crippen LogP contribution in [0.2, 0.25) is 0 Å². The summed E-state index contributed by atoms with van der Waals surface area (Å²) >= 11 is 0. The van der Waals surface area contributed by atoms with Crippen molar-refractivity contribution in [3.8, 4) is 23.3 Å². The first kappa shape index (κ1) is 29.9. The Morgan fingerprint density at radius 1 is 1.17 bits per heavy atom. The maximum absolute atomic E-state index is 15.3. The van der Waals surface area contributed by atoms with Gasteiger partial charge in [-0.25, -0.2) is 4.39 Å². The van der Waals surface area contributed by atoms with Crippen molar-refractivity contribution in [3.63, 3.8) is 0 Å². The second-order valence-corrected chi connectivity index (χ2v) is 11.4. The van der Waals surface area contributed by atoms with Crippen molar-refractivity contribution < 1.29 is 28.1 Å². The fourth-order valence-electron chi connectivity index (χ4n) is 5.27. The summed E-state index contributed by atoms with van der Waals surface area (Å²) < 4.78 is 38.1. The Hall–Kier alpha value is -4.05. The van der Waals surface area contributed by atoms with Crippen molar-refractivity contribution in [3.05, 3.63) is 82.7 Å². The number of nitriles is 1. The van der Waals surface area contributed by atoms with Gasteiger partial charge in [0.2, 0.25) is 0 Å². The molecule has 0 amide bonds. The van der Waals surface area contributed by atoms with E-state index in [0.29, 0.717) is 42.5 Å². The molecule has 6 nitrogen and oxygen atoms in total. The summed E-state index contributed by atoms with van der Waals surface area (Å²) in [4.78, 5) is 11.7. The highest BCUT2D eigenvalue weighted by Crippen LogP contribution is 2.40. The van der Waals surface area contributed by atoms with Gasteiger partial charge in [0, 0.05) is 23.1 Å². The van der Waals surface area contributed by atoms with E-state index in [1.165, 1.54) is 13.2 Å². The van der Waals surface area contributed by atoms with Gasteiger partial charge >= 0.3 is 5.97 Å². The van der Waals surface area contributed by atoms with E-state index in [1.807, 2.05) is 58.0 Å². The Labute approximate surface area is 242 Å². The lowest BCUT2D eigenvalue weighted by molar-refractivity contribution is -0.141. The second kappa shape index (κ2) is 12.6. The van der Waals surface area contributed by atoms with E-state index in [9.17, 15) is 10.1 Å². The van der Waals surface area contributed by atoms with Crippen LogP contribution in [0, 0.1) is 30.6 Å². The molecule has 7 heteroatoms. The van der Waals surface area contributed by atoms with Gasteiger partial charge in [0.15, 0.2) is 0 Å². The monoisotopic (exact) mass is 559 g/mol. The first-order chi connectivity index (χ1) is 19.5.